The lowest BCUT2D eigenvalue weighted by Crippen LogP contribution is -2.56. The van der Waals surface area contributed by atoms with Crippen LogP contribution in [0.25, 0.3) is 0 Å². The van der Waals surface area contributed by atoms with E-state index in [1.54, 1.807) is 7.11 Å². The first-order chi connectivity index (χ1) is 9.63. The zero-order valence-electron chi connectivity index (χ0n) is 12.0. The second-order valence-electron chi connectivity index (χ2n) is 5.31. The van der Waals surface area contributed by atoms with Crippen LogP contribution in [0.15, 0.2) is 0 Å². The molecule has 2 aliphatic heterocycles. The van der Waals surface area contributed by atoms with Gasteiger partial charge in [-0.05, 0) is 19.3 Å². The van der Waals surface area contributed by atoms with Crippen LogP contribution in [0.4, 0.5) is 9.59 Å². The third-order valence-corrected chi connectivity index (χ3v) is 4.08. The van der Waals surface area contributed by atoms with Crippen molar-refractivity contribution in [2.45, 2.75) is 25.3 Å². The molecular formula is C13H23N3O4. The van der Waals surface area contributed by atoms with Crippen LogP contribution in [0.2, 0.25) is 0 Å². The second-order valence-corrected chi connectivity index (χ2v) is 5.31. The first-order valence-corrected chi connectivity index (χ1v) is 7.16. The summed E-state index contributed by atoms with van der Waals surface area (Å²) in [4.78, 5) is 28.5. The van der Waals surface area contributed by atoms with Crippen LogP contribution in [0.1, 0.15) is 19.3 Å². The Kier molecular flexibility index (Phi) is 5.05. The number of hydrogen-bond donors (Lipinski definition) is 1. The van der Waals surface area contributed by atoms with Gasteiger partial charge in [-0.15, -0.1) is 0 Å². The van der Waals surface area contributed by atoms with E-state index in [-0.39, 0.29) is 12.1 Å². The molecule has 0 spiro atoms. The van der Waals surface area contributed by atoms with Crippen LogP contribution in [-0.2, 0) is 4.74 Å². The van der Waals surface area contributed by atoms with Crippen molar-refractivity contribution in [1.29, 1.82) is 0 Å². The van der Waals surface area contributed by atoms with Gasteiger partial charge in [-0.1, -0.05) is 0 Å². The van der Waals surface area contributed by atoms with E-state index in [0.29, 0.717) is 26.2 Å². The molecule has 2 saturated heterocycles. The maximum absolute atomic E-state index is 12.4. The van der Waals surface area contributed by atoms with Gasteiger partial charge in [-0.25, -0.2) is 9.59 Å². The molecule has 0 aliphatic carbocycles. The fourth-order valence-electron chi connectivity index (χ4n) is 2.92. The average Bonchev–Trinajstić information content (AvgIpc) is 2.46. The Balaban J connectivity index is 1.88. The van der Waals surface area contributed by atoms with Crippen LogP contribution in [0.5, 0.6) is 0 Å². The lowest BCUT2D eigenvalue weighted by molar-refractivity contribution is 0.0675. The summed E-state index contributed by atoms with van der Waals surface area (Å²) in [5, 5.41) is 8.95. The van der Waals surface area contributed by atoms with Crippen LogP contribution in [0, 0.1) is 0 Å². The molecule has 2 rings (SSSR count). The molecule has 114 valence electrons. The Labute approximate surface area is 119 Å². The maximum atomic E-state index is 12.4. The van der Waals surface area contributed by atoms with Gasteiger partial charge < -0.3 is 24.5 Å². The van der Waals surface area contributed by atoms with Gasteiger partial charge in [0.2, 0.25) is 0 Å². The number of likely N-dealkylation sites (tertiary alicyclic amines) is 1. The van der Waals surface area contributed by atoms with Gasteiger partial charge in [-0.2, -0.15) is 0 Å². The predicted octanol–water partition coefficient (Wildman–Crippen LogP) is 0.903. The van der Waals surface area contributed by atoms with Crippen molar-refractivity contribution in [3.8, 4) is 0 Å². The Morgan fingerprint density at radius 1 is 1.30 bits per heavy atom. The van der Waals surface area contributed by atoms with Crippen LogP contribution < -0.4 is 0 Å². The monoisotopic (exact) mass is 285 g/mol. The van der Waals surface area contributed by atoms with E-state index in [9.17, 15) is 9.59 Å². The number of amides is 3. The van der Waals surface area contributed by atoms with Gasteiger partial charge in [0.05, 0.1) is 6.61 Å². The first kappa shape index (κ1) is 14.9. The number of urea groups is 1. The minimum absolute atomic E-state index is 0.0714. The van der Waals surface area contributed by atoms with Gasteiger partial charge in [0.25, 0.3) is 0 Å². The van der Waals surface area contributed by atoms with Crippen molar-refractivity contribution in [3.63, 3.8) is 0 Å². The molecule has 0 atom stereocenters. The summed E-state index contributed by atoms with van der Waals surface area (Å²) < 4.78 is 5.03. The first-order valence-electron chi connectivity index (χ1n) is 7.16. The number of carbonyl (C=O) groups is 2. The molecule has 2 aliphatic rings. The number of rotatable bonds is 4. The molecule has 0 unspecified atom stereocenters. The Morgan fingerprint density at radius 3 is 2.60 bits per heavy atom. The van der Waals surface area contributed by atoms with E-state index >= 15 is 0 Å². The maximum Gasteiger partial charge on any atom is 0.407 e. The van der Waals surface area contributed by atoms with Crippen LogP contribution >= 0.6 is 0 Å². The normalized spacial score (nSPS) is 21.4. The molecule has 2 fully saturated rings. The molecule has 0 radical (unpaired) electrons. The summed E-state index contributed by atoms with van der Waals surface area (Å²) in [7, 11) is 1.63. The summed E-state index contributed by atoms with van der Waals surface area (Å²) >= 11 is 0. The largest absolute Gasteiger partial charge is 0.465 e. The number of ether oxygens (including phenoxy) is 1. The number of carbonyl (C=O) groups excluding carboxylic acids is 1. The summed E-state index contributed by atoms with van der Waals surface area (Å²) in [6, 6.07) is 0.241. The van der Waals surface area contributed by atoms with Crippen molar-refractivity contribution < 1.29 is 19.4 Å². The lowest BCUT2D eigenvalue weighted by atomic mass is 10.0. The zero-order chi connectivity index (χ0) is 14.5. The Bertz CT molecular complexity index is 356. The van der Waals surface area contributed by atoms with E-state index in [4.69, 9.17) is 9.84 Å². The van der Waals surface area contributed by atoms with Crippen LogP contribution in [-0.4, -0.2) is 84.4 Å². The van der Waals surface area contributed by atoms with Gasteiger partial charge in [0.15, 0.2) is 0 Å². The van der Waals surface area contributed by atoms with Crippen molar-refractivity contribution in [2.75, 3.05) is 46.4 Å². The van der Waals surface area contributed by atoms with Crippen LogP contribution in [0.3, 0.4) is 0 Å². The Hall–Kier alpha value is -1.50. The molecule has 0 saturated carbocycles. The predicted molar refractivity (Wildman–Crippen MR) is 72.8 cm³/mol. The minimum Gasteiger partial charge on any atom is -0.465 e. The molecule has 0 aromatic heterocycles. The molecule has 3 amide bonds. The third kappa shape index (κ3) is 3.33. The molecule has 0 aromatic carbocycles. The molecule has 2 heterocycles. The van der Waals surface area contributed by atoms with E-state index in [1.165, 1.54) is 4.90 Å². The minimum atomic E-state index is -0.866. The fourth-order valence-corrected chi connectivity index (χ4v) is 2.92. The molecule has 20 heavy (non-hydrogen) atoms. The molecule has 7 heteroatoms. The molecule has 1 N–H and O–H groups in total. The third-order valence-electron chi connectivity index (χ3n) is 4.08. The topological polar surface area (TPSA) is 73.3 Å². The quantitative estimate of drug-likeness (QED) is 0.833. The van der Waals surface area contributed by atoms with Crippen molar-refractivity contribution in [2.24, 2.45) is 0 Å². The molecular weight excluding hydrogens is 262 g/mol. The van der Waals surface area contributed by atoms with E-state index in [2.05, 4.69) is 0 Å². The van der Waals surface area contributed by atoms with E-state index in [1.807, 2.05) is 9.80 Å². The van der Waals surface area contributed by atoms with Gasteiger partial charge >= 0.3 is 12.1 Å². The summed E-state index contributed by atoms with van der Waals surface area (Å²) in [6.07, 6.45) is 1.57. The lowest BCUT2D eigenvalue weighted by Gasteiger charge is -2.42. The van der Waals surface area contributed by atoms with Gasteiger partial charge in [-0.3, -0.25) is 0 Å². The number of hydrogen-bond acceptors (Lipinski definition) is 3. The smallest absolute Gasteiger partial charge is 0.407 e. The van der Waals surface area contributed by atoms with E-state index in [0.717, 1.165) is 32.4 Å². The van der Waals surface area contributed by atoms with Gasteiger partial charge in [0, 0.05) is 45.9 Å². The highest BCUT2D eigenvalue weighted by atomic mass is 16.5. The summed E-state index contributed by atoms with van der Waals surface area (Å²) in [6.45, 7) is 3.77. The number of nitrogens with zero attached hydrogens (tertiary/aromatic N) is 3. The number of carboxylic acid groups (broad SMARTS) is 1. The average molecular weight is 285 g/mol. The van der Waals surface area contributed by atoms with E-state index < -0.39 is 6.09 Å². The van der Waals surface area contributed by atoms with Crippen molar-refractivity contribution in [1.82, 2.24) is 14.7 Å². The highest BCUT2D eigenvalue weighted by Crippen LogP contribution is 2.21. The Morgan fingerprint density at radius 2 is 2.00 bits per heavy atom. The highest BCUT2D eigenvalue weighted by Gasteiger charge is 2.33. The van der Waals surface area contributed by atoms with Crippen molar-refractivity contribution in [3.05, 3.63) is 0 Å². The highest BCUT2D eigenvalue weighted by molar-refractivity contribution is 5.75. The molecule has 0 aromatic rings. The standard InChI is InChI=1S/C13H23N3O4/c1-20-10-9-14-5-2-6-16(12(14)17)11-3-7-15(8-4-11)13(18)19/h11H,2-10H2,1H3,(H,18,19). The fraction of sp³-hybridized carbons (Fsp3) is 0.846. The SMILES string of the molecule is COCCN1CCCN(C2CCN(C(=O)O)CC2)C1=O. The number of piperidine rings is 1. The molecule has 0 bridgehead atoms. The number of methoxy groups -OCH3 is 1. The van der Waals surface area contributed by atoms with Gasteiger partial charge in [0.1, 0.15) is 0 Å². The van der Waals surface area contributed by atoms with Crippen molar-refractivity contribution >= 4 is 12.1 Å². The summed E-state index contributed by atoms with van der Waals surface area (Å²) in [5.74, 6) is 0. The summed E-state index contributed by atoms with van der Waals surface area (Å²) in [5.41, 5.74) is 0. The second kappa shape index (κ2) is 6.78. The zero-order valence-corrected chi connectivity index (χ0v) is 12.0. The molecule has 7 nitrogen and oxygen atoms in total.